The fraction of sp³-hybridized carbons (Fsp3) is 0.931. The third-order valence-corrected chi connectivity index (χ3v) is 4.79. The number of nitrogens with one attached hydrogen (secondary N) is 1. The molecule has 0 aliphatic carbocycles. The van der Waals surface area contributed by atoms with E-state index in [-0.39, 0.29) is 13.2 Å². The topological polar surface area (TPSA) is 142 Å². The van der Waals surface area contributed by atoms with Gasteiger partial charge in [-0.1, -0.05) is 0 Å². The molecule has 0 radical (unpaired) electrons. The van der Waals surface area contributed by atoms with Gasteiger partial charge in [0.1, 0.15) is 11.2 Å². The number of likely N-dealkylation sites (N-methyl/N-ethyl adjacent to an activating group) is 1. The van der Waals surface area contributed by atoms with Crippen molar-refractivity contribution in [3.05, 3.63) is 0 Å². The van der Waals surface area contributed by atoms with Crippen LogP contribution in [0.1, 0.15) is 41.5 Å². The molecule has 14 nitrogen and oxygen atoms in total. The monoisotopic (exact) mass is 626 g/mol. The number of carbonyl (C=O) groups is 2. The van der Waals surface area contributed by atoms with Gasteiger partial charge in [-0.25, -0.2) is 14.5 Å². The van der Waals surface area contributed by atoms with Gasteiger partial charge in [0.2, 0.25) is 0 Å². The number of imide groups is 1. The van der Waals surface area contributed by atoms with Gasteiger partial charge in [0.05, 0.1) is 112 Å². The molecule has 0 aromatic rings. The van der Waals surface area contributed by atoms with Crippen LogP contribution in [0.3, 0.4) is 0 Å². The summed E-state index contributed by atoms with van der Waals surface area (Å²) in [7, 11) is 1.89. The summed E-state index contributed by atoms with van der Waals surface area (Å²) >= 11 is 0. The Morgan fingerprint density at radius 2 is 0.721 bits per heavy atom. The van der Waals surface area contributed by atoms with Gasteiger partial charge in [-0.2, -0.15) is 0 Å². The Hall–Kier alpha value is -1.62. The van der Waals surface area contributed by atoms with Crippen LogP contribution >= 0.6 is 0 Å². The molecule has 0 saturated carbocycles. The summed E-state index contributed by atoms with van der Waals surface area (Å²) in [5.74, 6) is 0. The first-order valence-electron chi connectivity index (χ1n) is 15.0. The minimum absolute atomic E-state index is 0.00431. The second-order valence-electron chi connectivity index (χ2n) is 11.1. The van der Waals surface area contributed by atoms with Crippen molar-refractivity contribution in [1.82, 2.24) is 10.2 Å². The highest BCUT2D eigenvalue weighted by atomic mass is 16.6. The van der Waals surface area contributed by atoms with Crippen molar-refractivity contribution >= 4 is 12.2 Å². The van der Waals surface area contributed by atoms with E-state index in [4.69, 9.17) is 47.4 Å². The largest absolute Gasteiger partial charge is 0.443 e. The molecule has 14 heteroatoms. The van der Waals surface area contributed by atoms with Crippen LogP contribution in [0.15, 0.2) is 0 Å². The van der Waals surface area contributed by atoms with Gasteiger partial charge in [0.25, 0.3) is 0 Å². The van der Waals surface area contributed by atoms with Crippen LogP contribution in [-0.4, -0.2) is 154 Å². The van der Waals surface area contributed by atoms with Crippen LogP contribution in [0, 0.1) is 0 Å². The Kier molecular flexibility index (Phi) is 25.7. The molecule has 0 aliphatic heterocycles. The van der Waals surface area contributed by atoms with Crippen molar-refractivity contribution in [3.8, 4) is 0 Å². The molecule has 0 rings (SSSR count). The molecule has 0 aromatic carbocycles. The summed E-state index contributed by atoms with van der Waals surface area (Å²) < 4.78 is 54.2. The minimum Gasteiger partial charge on any atom is -0.443 e. The van der Waals surface area contributed by atoms with Gasteiger partial charge in [-0.3, -0.25) is 0 Å². The lowest BCUT2D eigenvalue weighted by atomic mass is 10.2. The molecule has 2 amide bonds. The lowest BCUT2D eigenvalue weighted by Gasteiger charge is -2.28. The summed E-state index contributed by atoms with van der Waals surface area (Å²) in [5.41, 5.74) is -1.49. The summed E-state index contributed by atoms with van der Waals surface area (Å²) in [4.78, 5) is 25.8. The van der Waals surface area contributed by atoms with Crippen LogP contribution in [0.5, 0.6) is 0 Å². The number of nitrogens with zero attached hydrogens (tertiary/aromatic N) is 1. The van der Waals surface area contributed by atoms with E-state index in [1.165, 1.54) is 0 Å². The van der Waals surface area contributed by atoms with E-state index < -0.39 is 23.4 Å². The predicted octanol–water partition coefficient (Wildman–Crippen LogP) is 2.51. The first-order valence-corrected chi connectivity index (χ1v) is 15.0. The maximum atomic E-state index is 12.4. The number of carbonyl (C=O) groups excluding carboxylic acids is 2. The van der Waals surface area contributed by atoms with E-state index >= 15 is 0 Å². The van der Waals surface area contributed by atoms with E-state index in [9.17, 15) is 9.59 Å². The molecule has 0 bridgehead atoms. The zero-order chi connectivity index (χ0) is 32.2. The quantitative estimate of drug-likeness (QED) is 0.134. The van der Waals surface area contributed by atoms with Crippen LogP contribution in [-0.2, 0) is 47.4 Å². The van der Waals surface area contributed by atoms with Crippen molar-refractivity contribution in [2.45, 2.75) is 52.7 Å². The fourth-order valence-electron chi connectivity index (χ4n) is 2.86. The van der Waals surface area contributed by atoms with E-state index in [2.05, 4.69) is 5.32 Å². The van der Waals surface area contributed by atoms with Gasteiger partial charge in [-0.15, -0.1) is 0 Å². The lowest BCUT2D eigenvalue weighted by molar-refractivity contribution is -0.0245. The van der Waals surface area contributed by atoms with Crippen molar-refractivity contribution in [2.24, 2.45) is 0 Å². The van der Waals surface area contributed by atoms with Gasteiger partial charge in [0.15, 0.2) is 0 Å². The molecule has 256 valence electrons. The maximum Gasteiger partial charge on any atom is 0.419 e. The highest BCUT2D eigenvalue weighted by molar-refractivity contribution is 5.88. The van der Waals surface area contributed by atoms with Crippen molar-refractivity contribution in [2.75, 3.05) is 126 Å². The Labute approximate surface area is 258 Å². The average Bonchev–Trinajstić information content (AvgIpc) is 2.90. The zero-order valence-corrected chi connectivity index (χ0v) is 27.6. The highest BCUT2D eigenvalue weighted by Gasteiger charge is 2.30. The normalized spacial score (nSPS) is 12.0. The molecule has 1 N–H and O–H groups in total. The molecule has 0 aliphatic rings. The fourth-order valence-corrected chi connectivity index (χ4v) is 2.86. The van der Waals surface area contributed by atoms with Crippen LogP contribution < -0.4 is 5.32 Å². The average molecular weight is 627 g/mol. The number of rotatable bonds is 27. The molecule has 0 aromatic heterocycles. The van der Waals surface area contributed by atoms with Gasteiger partial charge in [-0.05, 0) is 48.6 Å². The summed E-state index contributed by atoms with van der Waals surface area (Å²) in [6, 6.07) is 0. The van der Waals surface area contributed by atoms with Crippen LogP contribution in [0.25, 0.3) is 0 Å². The molecule has 0 saturated heterocycles. The molecule has 0 fully saturated rings. The van der Waals surface area contributed by atoms with E-state index in [0.29, 0.717) is 99.1 Å². The molecule has 0 heterocycles. The van der Waals surface area contributed by atoms with Crippen molar-refractivity contribution in [1.29, 1.82) is 0 Å². The molecule has 0 unspecified atom stereocenters. The number of hydrogen-bond donors (Lipinski definition) is 1. The summed E-state index contributed by atoms with van der Waals surface area (Å²) in [5, 5.41) is 3.01. The smallest absolute Gasteiger partial charge is 0.419 e. The number of hydrogen-bond acceptors (Lipinski definition) is 13. The number of amides is 2. The molecule has 0 spiro atoms. The van der Waals surface area contributed by atoms with Gasteiger partial charge < -0.3 is 52.7 Å². The third-order valence-electron chi connectivity index (χ3n) is 4.79. The van der Waals surface area contributed by atoms with Gasteiger partial charge in [0, 0.05) is 6.54 Å². The Bertz CT molecular complexity index is 643. The molecule has 0 atom stereocenters. The first kappa shape index (κ1) is 41.4. The van der Waals surface area contributed by atoms with E-state index in [0.717, 1.165) is 11.4 Å². The lowest BCUT2D eigenvalue weighted by Crippen LogP contribution is -2.45. The molecule has 43 heavy (non-hydrogen) atoms. The SMILES string of the molecule is CNCCOCCOCCOCCOCCOCCOCCOCCOCCN(C(=O)OC(C)(C)C)C(=O)OC(C)(C)C. The Morgan fingerprint density at radius 3 is 0.977 bits per heavy atom. The van der Waals surface area contributed by atoms with E-state index in [1.807, 2.05) is 7.05 Å². The summed E-state index contributed by atoms with van der Waals surface area (Å²) in [6.07, 6.45) is -1.56. The third kappa shape index (κ3) is 30.2. The molecular weight excluding hydrogens is 568 g/mol. The zero-order valence-electron chi connectivity index (χ0n) is 27.6. The van der Waals surface area contributed by atoms with Gasteiger partial charge >= 0.3 is 12.2 Å². The Balaban J connectivity index is 3.56. The number of ether oxygens (including phenoxy) is 10. The summed E-state index contributed by atoms with van der Waals surface area (Å²) in [6.45, 7) is 18.5. The van der Waals surface area contributed by atoms with Crippen LogP contribution in [0.2, 0.25) is 0 Å². The second kappa shape index (κ2) is 26.8. The van der Waals surface area contributed by atoms with Crippen LogP contribution in [0.4, 0.5) is 9.59 Å². The standard InChI is InChI=1S/C29H58N2O12/c1-28(2,3)42-26(32)31(27(33)43-29(4,5)6)9-11-35-13-15-37-17-19-39-21-23-41-25-24-40-22-20-38-18-16-36-14-12-34-10-8-30-7/h30H,8-25H2,1-7H3. The first-order chi connectivity index (χ1) is 20.5. The highest BCUT2D eigenvalue weighted by Crippen LogP contribution is 2.14. The van der Waals surface area contributed by atoms with E-state index in [1.54, 1.807) is 41.5 Å². The predicted molar refractivity (Wildman–Crippen MR) is 160 cm³/mol. The second-order valence-corrected chi connectivity index (χ2v) is 11.1. The minimum atomic E-state index is -0.782. The molecular formula is C29H58N2O12. The Morgan fingerprint density at radius 1 is 0.465 bits per heavy atom. The maximum absolute atomic E-state index is 12.4. The van der Waals surface area contributed by atoms with Crippen molar-refractivity contribution in [3.63, 3.8) is 0 Å². The van der Waals surface area contributed by atoms with Crippen molar-refractivity contribution < 1.29 is 57.0 Å².